The highest BCUT2D eigenvalue weighted by Gasteiger charge is 2.54. The van der Waals surface area contributed by atoms with Crippen molar-refractivity contribution in [3.63, 3.8) is 0 Å². The summed E-state index contributed by atoms with van der Waals surface area (Å²) in [5, 5.41) is 27.4. The number of carboxylic acids is 1. The van der Waals surface area contributed by atoms with E-state index in [1.54, 1.807) is 0 Å². The van der Waals surface area contributed by atoms with Crippen molar-refractivity contribution in [2.75, 3.05) is 25.1 Å². The van der Waals surface area contributed by atoms with Gasteiger partial charge in [-0.05, 0) is 11.6 Å². The Hall–Kier alpha value is -3.59. The smallest absolute Gasteiger partial charge is 0.407 e. The van der Waals surface area contributed by atoms with Gasteiger partial charge in [-0.1, -0.05) is 11.2 Å². The molecule has 1 saturated heterocycles. The number of thioether (sulfide) groups is 1. The third kappa shape index (κ3) is 4.52. The fourth-order valence-electron chi connectivity index (χ4n) is 2.98. The van der Waals surface area contributed by atoms with Crippen LogP contribution in [0, 0.1) is 0 Å². The minimum atomic E-state index is -1.31. The van der Waals surface area contributed by atoms with E-state index in [9.17, 15) is 29.5 Å². The molecule has 3 heterocycles. The molecule has 3 rings (SSSR count). The Morgan fingerprint density at radius 3 is 2.81 bits per heavy atom. The normalized spacial score (nSPS) is 20.6. The average Bonchev–Trinajstić information content (AvgIpc) is 3.20. The molecule has 2 aliphatic heterocycles. The van der Waals surface area contributed by atoms with Crippen LogP contribution >= 0.6 is 23.1 Å². The van der Waals surface area contributed by atoms with Crippen molar-refractivity contribution in [3.05, 3.63) is 34.5 Å². The first-order valence-electron chi connectivity index (χ1n) is 8.95. The van der Waals surface area contributed by atoms with E-state index in [2.05, 4.69) is 20.8 Å². The van der Waals surface area contributed by atoms with Crippen LogP contribution in [0.25, 0.3) is 0 Å². The van der Waals surface area contributed by atoms with Gasteiger partial charge in [0, 0.05) is 18.2 Å². The van der Waals surface area contributed by atoms with Gasteiger partial charge in [0.1, 0.15) is 29.4 Å². The number of carbonyl (C=O) groups excluding carboxylic acids is 3. The summed E-state index contributed by atoms with van der Waals surface area (Å²) in [5.74, 6) is -2.55. The Morgan fingerprint density at radius 2 is 2.22 bits per heavy atom. The molecular formula is C17H18N6O7S2. The molecule has 0 aliphatic carbocycles. The van der Waals surface area contributed by atoms with Gasteiger partial charge in [-0.3, -0.25) is 14.5 Å². The topological polar surface area (TPSA) is 197 Å². The summed E-state index contributed by atoms with van der Waals surface area (Å²) in [6.45, 7) is -0.0821. The van der Waals surface area contributed by atoms with E-state index in [-0.39, 0.29) is 28.9 Å². The number of oxime groups is 1. The Bertz CT molecular complexity index is 1050. The molecule has 15 heteroatoms. The number of hydrogen-bond donors (Lipinski definition) is 5. The zero-order valence-corrected chi connectivity index (χ0v) is 18.1. The van der Waals surface area contributed by atoms with Crippen LogP contribution in [0.4, 0.5) is 9.93 Å². The number of aliphatic carboxylic acids is 1. The number of nitrogen functional groups attached to an aromatic ring is 1. The van der Waals surface area contributed by atoms with Crippen LogP contribution in [0.5, 0.6) is 0 Å². The largest absolute Gasteiger partial charge is 0.477 e. The van der Waals surface area contributed by atoms with Crippen molar-refractivity contribution < 1.29 is 34.2 Å². The number of nitrogens with two attached hydrogens (primary N) is 1. The number of rotatable bonds is 7. The van der Waals surface area contributed by atoms with Gasteiger partial charge >= 0.3 is 12.1 Å². The van der Waals surface area contributed by atoms with E-state index in [1.165, 1.54) is 36.3 Å². The fourth-order valence-corrected chi connectivity index (χ4v) is 4.84. The average molecular weight is 483 g/mol. The molecule has 2 atom stereocenters. The maximum Gasteiger partial charge on any atom is 0.407 e. The van der Waals surface area contributed by atoms with E-state index in [4.69, 9.17) is 10.5 Å². The SMILES string of the molecule is CNC(=O)OC/C=C/C1=C(C(=O)O)N2C(=O)C(NC(=O)/C(=N/O)c3csc(N)n3)C2SC1. The molecule has 0 spiro atoms. The second-order valence-electron chi connectivity index (χ2n) is 6.31. The van der Waals surface area contributed by atoms with Gasteiger partial charge < -0.3 is 31.4 Å². The van der Waals surface area contributed by atoms with Crippen LogP contribution in [0.1, 0.15) is 5.69 Å². The number of alkyl carbamates (subject to hydrolysis) is 1. The van der Waals surface area contributed by atoms with E-state index < -0.39 is 41.0 Å². The molecule has 1 fully saturated rings. The van der Waals surface area contributed by atoms with Crippen LogP contribution in [0.2, 0.25) is 0 Å². The Kier molecular flexibility index (Phi) is 6.99. The summed E-state index contributed by atoms with van der Waals surface area (Å²) in [6.07, 6.45) is 2.29. The summed E-state index contributed by atoms with van der Waals surface area (Å²) in [5.41, 5.74) is 5.29. The van der Waals surface area contributed by atoms with E-state index in [0.717, 1.165) is 16.2 Å². The molecule has 170 valence electrons. The summed E-state index contributed by atoms with van der Waals surface area (Å²) in [4.78, 5) is 53.0. The second-order valence-corrected chi connectivity index (χ2v) is 8.31. The number of carbonyl (C=O) groups is 4. The van der Waals surface area contributed by atoms with E-state index in [1.807, 2.05) is 0 Å². The zero-order chi connectivity index (χ0) is 23.4. The van der Waals surface area contributed by atoms with Crippen molar-refractivity contribution in [1.82, 2.24) is 20.5 Å². The fraction of sp³-hybridized carbons (Fsp3) is 0.294. The number of nitrogens with zero attached hydrogens (tertiary/aromatic N) is 3. The third-order valence-electron chi connectivity index (χ3n) is 4.40. The van der Waals surface area contributed by atoms with Gasteiger partial charge in [0.15, 0.2) is 10.8 Å². The molecule has 0 saturated carbocycles. The number of anilines is 1. The second kappa shape index (κ2) is 9.69. The third-order valence-corrected chi connectivity index (χ3v) is 6.38. The molecule has 0 aromatic carbocycles. The predicted molar refractivity (Wildman–Crippen MR) is 114 cm³/mol. The Labute approximate surface area is 189 Å². The highest BCUT2D eigenvalue weighted by atomic mass is 32.2. The number of allylic oxidation sites excluding steroid dienone is 1. The first-order valence-corrected chi connectivity index (χ1v) is 10.9. The maximum absolute atomic E-state index is 12.7. The van der Waals surface area contributed by atoms with Crippen molar-refractivity contribution >= 4 is 57.8 Å². The number of carboxylic acid groups (broad SMARTS) is 1. The Morgan fingerprint density at radius 1 is 1.47 bits per heavy atom. The van der Waals surface area contributed by atoms with Crippen molar-refractivity contribution in [2.45, 2.75) is 11.4 Å². The number of amides is 3. The van der Waals surface area contributed by atoms with Gasteiger partial charge in [0.05, 0.1) is 0 Å². The lowest BCUT2D eigenvalue weighted by Gasteiger charge is -2.49. The molecule has 0 radical (unpaired) electrons. The summed E-state index contributed by atoms with van der Waals surface area (Å²) < 4.78 is 4.81. The van der Waals surface area contributed by atoms with E-state index >= 15 is 0 Å². The monoisotopic (exact) mass is 482 g/mol. The van der Waals surface area contributed by atoms with Gasteiger partial charge in [0.2, 0.25) is 0 Å². The van der Waals surface area contributed by atoms with Gasteiger partial charge in [-0.25, -0.2) is 14.6 Å². The molecule has 1 aromatic rings. The number of hydrogen-bond acceptors (Lipinski definition) is 11. The van der Waals surface area contributed by atoms with Crippen LogP contribution in [0.3, 0.4) is 0 Å². The summed E-state index contributed by atoms with van der Waals surface area (Å²) in [6, 6.07) is -1.02. The van der Waals surface area contributed by atoms with Crippen molar-refractivity contribution in [3.8, 4) is 0 Å². The quantitative estimate of drug-likeness (QED) is 0.147. The first kappa shape index (κ1) is 23.1. The molecule has 2 unspecified atom stereocenters. The molecule has 0 bridgehead atoms. The number of nitrogens with one attached hydrogen (secondary N) is 2. The number of ether oxygens (including phenoxy) is 1. The number of thiazole rings is 1. The first-order chi connectivity index (χ1) is 15.3. The standard InChI is InChI=1S/C17H18N6O7S2/c1-19-17(28)30-4-2-3-7-5-31-14-10(13(25)23(14)11(7)15(26)27)21-12(24)9(22-29)8-6-32-16(18)20-8/h2-3,6,10,14,29H,4-5H2,1H3,(H2,18,20)(H,19,28)(H,21,24)(H,26,27)/b3-2+,22-9+. The van der Waals surface area contributed by atoms with Crippen molar-refractivity contribution in [1.29, 1.82) is 0 Å². The highest BCUT2D eigenvalue weighted by molar-refractivity contribution is 8.00. The molecular weight excluding hydrogens is 464 g/mol. The van der Waals surface area contributed by atoms with Gasteiger partial charge in [0.25, 0.3) is 11.8 Å². The molecule has 1 aromatic heterocycles. The maximum atomic E-state index is 12.7. The lowest BCUT2D eigenvalue weighted by Crippen LogP contribution is -2.71. The van der Waals surface area contributed by atoms with Gasteiger partial charge in [-0.15, -0.1) is 23.1 Å². The van der Waals surface area contributed by atoms with Crippen LogP contribution in [0.15, 0.2) is 34.0 Å². The number of aromatic nitrogens is 1. The molecule has 13 nitrogen and oxygen atoms in total. The number of β-lactam (4-membered cyclic amide) rings is 1. The predicted octanol–water partition coefficient (Wildman–Crippen LogP) is -0.446. The van der Waals surface area contributed by atoms with Crippen molar-refractivity contribution in [2.24, 2.45) is 5.16 Å². The molecule has 32 heavy (non-hydrogen) atoms. The molecule has 3 amide bonds. The summed E-state index contributed by atoms with van der Waals surface area (Å²) in [7, 11) is 1.40. The van der Waals surface area contributed by atoms with Crippen LogP contribution in [-0.4, -0.2) is 80.6 Å². The minimum Gasteiger partial charge on any atom is -0.477 e. The van der Waals surface area contributed by atoms with Crippen LogP contribution < -0.4 is 16.4 Å². The van der Waals surface area contributed by atoms with Crippen LogP contribution in [-0.2, 0) is 19.1 Å². The summed E-state index contributed by atoms with van der Waals surface area (Å²) >= 11 is 2.29. The van der Waals surface area contributed by atoms with E-state index in [0.29, 0.717) is 5.57 Å². The lowest BCUT2D eigenvalue weighted by atomic mass is 10.0. The minimum absolute atomic E-state index is 0.0462. The lowest BCUT2D eigenvalue weighted by molar-refractivity contribution is -0.150. The number of fused-ring (bicyclic) bond motifs is 1. The Balaban J connectivity index is 1.72. The zero-order valence-electron chi connectivity index (χ0n) is 16.5. The molecule has 6 N–H and O–H groups in total. The van der Waals surface area contributed by atoms with Gasteiger partial charge in [-0.2, -0.15) is 0 Å². The molecule has 2 aliphatic rings. The highest BCUT2D eigenvalue weighted by Crippen LogP contribution is 2.40.